The first-order chi connectivity index (χ1) is 17.8. The lowest BCUT2D eigenvalue weighted by molar-refractivity contribution is -0.114. The van der Waals surface area contributed by atoms with Gasteiger partial charge in [-0.05, 0) is 61.0 Å². The standard InChI is InChI=1S/C28H31N5O4/c1-19-28(32(3)17-21-5-8-23(9-6-21)31-20(2)34)33-18-22(7-14-26(33)30-19)27(35)29-15-16-37-25-12-10-24(36-4)11-13-25/h5-14,18H,15-17H2,1-4H3,(H,29,35)(H,31,34). The summed E-state index contributed by atoms with van der Waals surface area (Å²) in [6, 6.07) is 18.6. The number of rotatable bonds is 10. The monoisotopic (exact) mass is 501 g/mol. The fourth-order valence-corrected chi connectivity index (χ4v) is 4.10. The van der Waals surface area contributed by atoms with E-state index in [0.29, 0.717) is 31.0 Å². The van der Waals surface area contributed by atoms with Gasteiger partial charge in [0, 0.05) is 32.4 Å². The van der Waals surface area contributed by atoms with E-state index in [2.05, 4.69) is 20.5 Å². The van der Waals surface area contributed by atoms with Gasteiger partial charge in [0.25, 0.3) is 5.91 Å². The highest BCUT2D eigenvalue weighted by Crippen LogP contribution is 2.24. The first-order valence-corrected chi connectivity index (χ1v) is 12.0. The van der Waals surface area contributed by atoms with Crippen LogP contribution in [0.2, 0.25) is 0 Å². The van der Waals surface area contributed by atoms with Crippen LogP contribution in [-0.2, 0) is 11.3 Å². The second kappa shape index (κ2) is 11.5. The molecule has 0 aliphatic rings. The van der Waals surface area contributed by atoms with Crippen molar-refractivity contribution in [1.82, 2.24) is 14.7 Å². The van der Waals surface area contributed by atoms with Crippen LogP contribution in [0, 0.1) is 6.92 Å². The lowest BCUT2D eigenvalue weighted by Gasteiger charge is -2.20. The molecule has 0 spiro atoms. The molecule has 2 N–H and O–H groups in total. The van der Waals surface area contributed by atoms with E-state index >= 15 is 0 Å². The predicted octanol–water partition coefficient (Wildman–Crippen LogP) is 4.05. The van der Waals surface area contributed by atoms with Gasteiger partial charge in [-0.2, -0.15) is 0 Å². The van der Waals surface area contributed by atoms with Crippen molar-refractivity contribution in [2.24, 2.45) is 0 Å². The third kappa shape index (κ3) is 6.38. The summed E-state index contributed by atoms with van der Waals surface area (Å²) in [5, 5.41) is 5.68. The number of aromatic nitrogens is 2. The zero-order valence-electron chi connectivity index (χ0n) is 21.4. The van der Waals surface area contributed by atoms with Crippen molar-refractivity contribution in [3.05, 3.63) is 83.7 Å². The van der Waals surface area contributed by atoms with Gasteiger partial charge in [-0.25, -0.2) is 4.98 Å². The molecule has 0 unspecified atom stereocenters. The number of benzene rings is 2. The highest BCUT2D eigenvalue weighted by Gasteiger charge is 2.16. The zero-order chi connectivity index (χ0) is 26.4. The maximum Gasteiger partial charge on any atom is 0.252 e. The topological polar surface area (TPSA) is 97.2 Å². The molecular formula is C28H31N5O4. The van der Waals surface area contributed by atoms with Crippen molar-refractivity contribution < 1.29 is 19.1 Å². The molecule has 0 bridgehead atoms. The minimum Gasteiger partial charge on any atom is -0.497 e. The van der Waals surface area contributed by atoms with E-state index in [0.717, 1.165) is 34.2 Å². The number of fused-ring (bicyclic) bond motifs is 1. The quantitative estimate of drug-likeness (QED) is 0.318. The Kier molecular flexibility index (Phi) is 7.92. The predicted molar refractivity (Wildman–Crippen MR) is 144 cm³/mol. The Balaban J connectivity index is 1.40. The molecule has 0 radical (unpaired) electrons. The Labute approximate surface area is 216 Å². The number of ether oxygens (including phenoxy) is 2. The van der Waals surface area contributed by atoms with Crippen molar-refractivity contribution in [3.8, 4) is 11.5 Å². The van der Waals surface area contributed by atoms with E-state index < -0.39 is 0 Å². The zero-order valence-corrected chi connectivity index (χ0v) is 21.4. The minimum absolute atomic E-state index is 0.101. The van der Waals surface area contributed by atoms with E-state index in [1.54, 1.807) is 19.4 Å². The van der Waals surface area contributed by atoms with Crippen LogP contribution in [0.25, 0.3) is 5.65 Å². The summed E-state index contributed by atoms with van der Waals surface area (Å²) >= 11 is 0. The lowest BCUT2D eigenvalue weighted by atomic mass is 10.2. The molecule has 2 amide bonds. The molecule has 0 aliphatic heterocycles. The Morgan fingerprint density at radius 1 is 1.00 bits per heavy atom. The molecule has 9 heteroatoms. The Hall–Kier alpha value is -4.53. The number of pyridine rings is 1. The van der Waals surface area contributed by atoms with Gasteiger partial charge >= 0.3 is 0 Å². The molecule has 4 aromatic rings. The summed E-state index contributed by atoms with van der Waals surface area (Å²) in [6.07, 6.45) is 1.81. The summed E-state index contributed by atoms with van der Waals surface area (Å²) in [5.74, 6) is 2.08. The number of anilines is 2. The van der Waals surface area contributed by atoms with Gasteiger partial charge in [-0.1, -0.05) is 12.1 Å². The van der Waals surface area contributed by atoms with Gasteiger partial charge < -0.3 is 25.0 Å². The molecule has 2 aromatic carbocycles. The SMILES string of the molecule is COc1ccc(OCCNC(=O)c2ccc3nc(C)c(N(C)Cc4ccc(NC(C)=O)cc4)n3c2)cc1. The van der Waals surface area contributed by atoms with Gasteiger partial charge in [-0.15, -0.1) is 0 Å². The first kappa shape index (κ1) is 25.6. The number of hydrogen-bond acceptors (Lipinski definition) is 6. The van der Waals surface area contributed by atoms with Crippen molar-refractivity contribution in [1.29, 1.82) is 0 Å². The molecule has 2 heterocycles. The van der Waals surface area contributed by atoms with Crippen molar-refractivity contribution in [2.75, 3.05) is 37.5 Å². The summed E-state index contributed by atoms with van der Waals surface area (Å²) in [5.41, 5.74) is 4.00. The molecule has 0 atom stereocenters. The largest absolute Gasteiger partial charge is 0.497 e. The molecule has 4 rings (SSSR count). The summed E-state index contributed by atoms with van der Waals surface area (Å²) < 4.78 is 12.8. The van der Waals surface area contributed by atoms with Crippen LogP contribution in [0.3, 0.4) is 0 Å². The molecular weight excluding hydrogens is 470 g/mol. The Bertz CT molecular complexity index is 1380. The molecule has 0 saturated heterocycles. The normalized spacial score (nSPS) is 10.7. The Morgan fingerprint density at radius 2 is 1.70 bits per heavy atom. The fraction of sp³-hybridized carbons (Fsp3) is 0.250. The smallest absolute Gasteiger partial charge is 0.252 e. The molecule has 0 fully saturated rings. The molecule has 9 nitrogen and oxygen atoms in total. The van der Waals surface area contributed by atoms with E-state index in [-0.39, 0.29) is 11.8 Å². The van der Waals surface area contributed by atoms with Crippen LogP contribution < -0.4 is 25.0 Å². The number of nitrogens with zero attached hydrogens (tertiary/aromatic N) is 3. The molecule has 2 aromatic heterocycles. The number of amides is 2. The maximum atomic E-state index is 12.8. The van der Waals surface area contributed by atoms with Crippen LogP contribution in [0.4, 0.5) is 11.5 Å². The van der Waals surface area contributed by atoms with E-state index in [9.17, 15) is 9.59 Å². The average Bonchev–Trinajstić information content (AvgIpc) is 3.22. The van der Waals surface area contributed by atoms with Crippen LogP contribution in [0.1, 0.15) is 28.5 Å². The maximum absolute atomic E-state index is 12.8. The number of aryl methyl sites for hydroxylation is 1. The number of nitrogens with one attached hydrogen (secondary N) is 2. The van der Waals surface area contributed by atoms with Crippen molar-refractivity contribution in [2.45, 2.75) is 20.4 Å². The molecule has 192 valence electrons. The molecule has 37 heavy (non-hydrogen) atoms. The van der Waals surface area contributed by atoms with Gasteiger partial charge in [0.05, 0.1) is 24.9 Å². The average molecular weight is 502 g/mol. The van der Waals surface area contributed by atoms with Crippen LogP contribution in [-0.4, -0.2) is 48.5 Å². The molecule has 0 saturated carbocycles. The van der Waals surface area contributed by atoms with Gasteiger partial charge in [0.2, 0.25) is 5.91 Å². The second-order valence-electron chi connectivity index (χ2n) is 8.68. The van der Waals surface area contributed by atoms with E-state index in [4.69, 9.17) is 9.47 Å². The number of hydrogen-bond donors (Lipinski definition) is 2. The van der Waals surface area contributed by atoms with Gasteiger partial charge in [0.15, 0.2) is 0 Å². The first-order valence-electron chi connectivity index (χ1n) is 12.0. The van der Waals surface area contributed by atoms with Crippen molar-refractivity contribution >= 4 is 29.0 Å². The third-order valence-corrected chi connectivity index (χ3v) is 5.79. The Morgan fingerprint density at radius 3 is 2.38 bits per heavy atom. The third-order valence-electron chi connectivity index (χ3n) is 5.79. The van der Waals surface area contributed by atoms with Crippen molar-refractivity contribution in [3.63, 3.8) is 0 Å². The summed E-state index contributed by atoms with van der Waals surface area (Å²) in [4.78, 5) is 30.8. The van der Waals surface area contributed by atoms with Crippen LogP contribution >= 0.6 is 0 Å². The second-order valence-corrected chi connectivity index (χ2v) is 8.68. The highest BCUT2D eigenvalue weighted by atomic mass is 16.5. The highest BCUT2D eigenvalue weighted by molar-refractivity contribution is 5.94. The van der Waals surface area contributed by atoms with E-state index in [1.165, 1.54) is 6.92 Å². The van der Waals surface area contributed by atoms with E-state index in [1.807, 2.05) is 73.0 Å². The molecule has 0 aliphatic carbocycles. The van der Waals surface area contributed by atoms with Crippen LogP contribution in [0.5, 0.6) is 11.5 Å². The fourth-order valence-electron chi connectivity index (χ4n) is 4.10. The summed E-state index contributed by atoms with van der Waals surface area (Å²) in [7, 11) is 3.60. The van der Waals surface area contributed by atoms with Crippen LogP contribution in [0.15, 0.2) is 66.9 Å². The number of methoxy groups -OCH3 is 1. The number of carbonyl (C=O) groups is 2. The van der Waals surface area contributed by atoms with Gasteiger partial charge in [-0.3, -0.25) is 14.0 Å². The minimum atomic E-state index is -0.186. The lowest BCUT2D eigenvalue weighted by Crippen LogP contribution is -2.28. The number of carbonyl (C=O) groups excluding carboxylic acids is 2. The summed E-state index contributed by atoms with van der Waals surface area (Å²) in [6.45, 7) is 4.79. The number of imidazole rings is 1. The van der Waals surface area contributed by atoms with Gasteiger partial charge in [0.1, 0.15) is 29.6 Å².